The molecule has 200 valence electrons. The lowest BCUT2D eigenvalue weighted by molar-refractivity contribution is 0.0294. The first-order chi connectivity index (χ1) is 18.2. The number of carbonyl (C=O) groups is 1. The van der Waals surface area contributed by atoms with E-state index in [2.05, 4.69) is 26.6 Å². The summed E-state index contributed by atoms with van der Waals surface area (Å²) in [4.78, 5) is 20.7. The Bertz CT molecular complexity index is 1110. The number of aryl methyl sites for hydroxylation is 1. The molecule has 1 amide bonds. The number of benzene rings is 1. The maximum absolute atomic E-state index is 13.7. The highest BCUT2D eigenvalue weighted by Gasteiger charge is 2.34. The molecular weight excluding hydrogens is 470 g/mol. The van der Waals surface area contributed by atoms with E-state index in [1.165, 1.54) is 11.1 Å². The summed E-state index contributed by atoms with van der Waals surface area (Å²) in [5.41, 5.74) is 5.33. The lowest BCUT2D eigenvalue weighted by Crippen LogP contribution is -2.44. The number of piperidine rings is 1. The summed E-state index contributed by atoms with van der Waals surface area (Å²) in [7, 11) is 1.71. The van der Waals surface area contributed by atoms with Gasteiger partial charge >= 0.3 is 0 Å². The van der Waals surface area contributed by atoms with Gasteiger partial charge in [-0.2, -0.15) is 5.10 Å². The van der Waals surface area contributed by atoms with E-state index in [0.717, 1.165) is 95.2 Å². The van der Waals surface area contributed by atoms with E-state index in [-0.39, 0.29) is 11.9 Å². The van der Waals surface area contributed by atoms with Crippen LogP contribution in [0.25, 0.3) is 11.3 Å². The Kier molecular flexibility index (Phi) is 7.46. The van der Waals surface area contributed by atoms with Gasteiger partial charge in [0.05, 0.1) is 45.3 Å². The largest absolute Gasteiger partial charge is 0.497 e. The van der Waals surface area contributed by atoms with Crippen LogP contribution in [0.4, 0.5) is 0 Å². The summed E-state index contributed by atoms with van der Waals surface area (Å²) in [5, 5.41) is 5.12. The summed E-state index contributed by atoms with van der Waals surface area (Å²) < 4.78 is 18.8. The number of hydrogen-bond acceptors (Lipinski definition) is 7. The highest BCUT2D eigenvalue weighted by Crippen LogP contribution is 2.40. The molecule has 37 heavy (non-hydrogen) atoms. The zero-order valence-electron chi connectivity index (χ0n) is 22.0. The van der Waals surface area contributed by atoms with Gasteiger partial charge in [0.1, 0.15) is 5.75 Å². The average Bonchev–Trinajstić information content (AvgIpc) is 3.37. The van der Waals surface area contributed by atoms with Gasteiger partial charge in [-0.3, -0.25) is 19.3 Å². The minimum Gasteiger partial charge on any atom is -0.497 e. The van der Waals surface area contributed by atoms with Gasteiger partial charge < -0.3 is 19.1 Å². The van der Waals surface area contributed by atoms with Crippen LogP contribution in [0.1, 0.15) is 40.5 Å². The monoisotopic (exact) mass is 509 g/mol. The molecule has 1 atom stereocenters. The second-order valence-corrected chi connectivity index (χ2v) is 10.6. The first-order valence-corrected chi connectivity index (χ1v) is 13.9. The van der Waals surface area contributed by atoms with Crippen molar-refractivity contribution in [2.75, 3.05) is 85.9 Å². The van der Waals surface area contributed by atoms with Crippen molar-refractivity contribution in [3.63, 3.8) is 0 Å². The van der Waals surface area contributed by atoms with Crippen LogP contribution in [0.2, 0.25) is 0 Å². The van der Waals surface area contributed by atoms with Crippen LogP contribution in [0.3, 0.4) is 0 Å². The lowest BCUT2D eigenvalue weighted by atomic mass is 9.88. The van der Waals surface area contributed by atoms with Crippen LogP contribution in [0, 0.1) is 0 Å². The number of nitrogens with zero attached hydrogens (tertiary/aromatic N) is 5. The highest BCUT2D eigenvalue weighted by molar-refractivity contribution is 5.96. The molecule has 3 aliphatic heterocycles. The summed E-state index contributed by atoms with van der Waals surface area (Å²) in [6.45, 7) is 10.4. The van der Waals surface area contributed by atoms with E-state index in [0.29, 0.717) is 32.0 Å². The van der Waals surface area contributed by atoms with Crippen molar-refractivity contribution < 1.29 is 19.0 Å². The molecule has 1 aliphatic carbocycles. The molecule has 0 bridgehead atoms. The Morgan fingerprint density at radius 1 is 1.00 bits per heavy atom. The molecule has 0 radical (unpaired) electrons. The molecule has 6 rings (SSSR count). The van der Waals surface area contributed by atoms with E-state index in [1.807, 2.05) is 11.0 Å². The molecular formula is C28H39N5O4. The van der Waals surface area contributed by atoms with E-state index in [4.69, 9.17) is 19.3 Å². The fourth-order valence-corrected chi connectivity index (χ4v) is 6.27. The number of carbonyl (C=O) groups excluding carboxylic acids is 1. The molecule has 9 heteroatoms. The third-order valence-electron chi connectivity index (χ3n) is 8.39. The predicted molar refractivity (Wildman–Crippen MR) is 140 cm³/mol. The van der Waals surface area contributed by atoms with Gasteiger partial charge in [-0.15, -0.1) is 0 Å². The third-order valence-corrected chi connectivity index (χ3v) is 8.39. The van der Waals surface area contributed by atoms with Gasteiger partial charge in [0.2, 0.25) is 0 Å². The molecule has 3 saturated heterocycles. The van der Waals surface area contributed by atoms with Crippen LogP contribution in [-0.2, 0) is 22.3 Å². The molecule has 0 saturated carbocycles. The summed E-state index contributed by atoms with van der Waals surface area (Å²) >= 11 is 0. The summed E-state index contributed by atoms with van der Waals surface area (Å²) in [6.07, 6.45) is 3.97. The molecule has 1 aromatic heterocycles. The van der Waals surface area contributed by atoms with Crippen LogP contribution in [0.5, 0.6) is 5.75 Å². The van der Waals surface area contributed by atoms with E-state index >= 15 is 0 Å². The van der Waals surface area contributed by atoms with Gasteiger partial charge in [0.25, 0.3) is 5.91 Å². The Balaban J connectivity index is 1.31. The minimum atomic E-state index is 0.0460. The fraction of sp³-hybridized carbons (Fsp3) is 0.643. The predicted octanol–water partition coefficient (Wildman–Crippen LogP) is 2.10. The lowest BCUT2D eigenvalue weighted by Gasteiger charge is -2.36. The molecule has 2 aromatic rings. The van der Waals surface area contributed by atoms with Crippen molar-refractivity contribution in [2.45, 2.75) is 31.7 Å². The number of hydrogen-bond donors (Lipinski definition) is 0. The number of amides is 1. The Labute approximate surface area is 219 Å². The molecule has 0 spiro atoms. The summed E-state index contributed by atoms with van der Waals surface area (Å²) in [5.74, 6) is 0.890. The fourth-order valence-electron chi connectivity index (χ4n) is 6.27. The normalized spacial score (nSPS) is 22.9. The molecule has 4 aliphatic rings. The number of aromatic nitrogens is 2. The number of methoxy groups -OCH3 is 1. The van der Waals surface area contributed by atoms with E-state index in [1.54, 1.807) is 7.11 Å². The van der Waals surface area contributed by atoms with Crippen LogP contribution >= 0.6 is 0 Å². The van der Waals surface area contributed by atoms with Crippen molar-refractivity contribution in [1.29, 1.82) is 0 Å². The quantitative estimate of drug-likeness (QED) is 0.591. The molecule has 4 heterocycles. The number of ether oxygens (including phenoxy) is 3. The molecule has 1 aromatic carbocycles. The van der Waals surface area contributed by atoms with E-state index < -0.39 is 0 Å². The molecule has 0 N–H and O–H groups in total. The van der Waals surface area contributed by atoms with E-state index in [9.17, 15) is 4.79 Å². The van der Waals surface area contributed by atoms with Crippen LogP contribution in [-0.4, -0.2) is 116 Å². The maximum atomic E-state index is 13.7. The number of morpholine rings is 2. The van der Waals surface area contributed by atoms with Crippen molar-refractivity contribution in [3.8, 4) is 17.0 Å². The number of likely N-dealkylation sites (tertiary alicyclic amines) is 1. The van der Waals surface area contributed by atoms with Crippen molar-refractivity contribution in [1.82, 2.24) is 24.5 Å². The minimum absolute atomic E-state index is 0.0460. The zero-order valence-corrected chi connectivity index (χ0v) is 22.0. The molecule has 0 unspecified atom stereocenters. The smallest absolute Gasteiger partial charge is 0.274 e. The Hall–Kier alpha value is -2.46. The molecule has 3 fully saturated rings. The van der Waals surface area contributed by atoms with Crippen LogP contribution < -0.4 is 4.74 Å². The Morgan fingerprint density at radius 3 is 2.54 bits per heavy atom. The van der Waals surface area contributed by atoms with Gasteiger partial charge in [0, 0.05) is 56.9 Å². The topological polar surface area (TPSA) is 72.3 Å². The third kappa shape index (κ3) is 5.14. The highest BCUT2D eigenvalue weighted by atomic mass is 16.5. The van der Waals surface area contributed by atoms with Crippen molar-refractivity contribution >= 4 is 5.91 Å². The number of fused-ring (bicyclic) bond motifs is 3. The number of rotatable bonds is 6. The standard InChI is InChI=1S/C28H39N5O4/c1-35-23-6-4-21-5-7-24-26(28(34)32-13-17-37-18-14-32)29-33(27(24)25(21)19-23)22-3-2-8-31(20-22)10-9-30-11-15-36-16-12-30/h4,6,19,22H,2-3,5,7-18,20H2,1H3/t22-/m0/s1. The van der Waals surface area contributed by atoms with Gasteiger partial charge in [-0.05, 0) is 49.9 Å². The zero-order chi connectivity index (χ0) is 25.2. The van der Waals surface area contributed by atoms with Gasteiger partial charge in [-0.25, -0.2) is 0 Å². The van der Waals surface area contributed by atoms with Gasteiger partial charge in [0.15, 0.2) is 5.69 Å². The van der Waals surface area contributed by atoms with Gasteiger partial charge in [-0.1, -0.05) is 6.07 Å². The SMILES string of the molecule is COc1ccc2c(c1)-c1c(c(C(=O)N3CCOCC3)nn1[C@H]1CCCN(CCN3CCOCC3)C1)CC2. The first kappa shape index (κ1) is 24.9. The Morgan fingerprint density at radius 2 is 1.76 bits per heavy atom. The second kappa shape index (κ2) is 11.1. The second-order valence-electron chi connectivity index (χ2n) is 10.6. The van der Waals surface area contributed by atoms with Crippen LogP contribution in [0.15, 0.2) is 18.2 Å². The maximum Gasteiger partial charge on any atom is 0.274 e. The van der Waals surface area contributed by atoms with Crippen molar-refractivity contribution in [2.24, 2.45) is 0 Å². The molecule has 9 nitrogen and oxygen atoms in total. The average molecular weight is 510 g/mol. The first-order valence-electron chi connectivity index (χ1n) is 13.9. The van der Waals surface area contributed by atoms with Crippen molar-refractivity contribution in [3.05, 3.63) is 35.0 Å². The summed E-state index contributed by atoms with van der Waals surface area (Å²) in [6, 6.07) is 6.59.